The van der Waals surface area contributed by atoms with Gasteiger partial charge in [0.15, 0.2) is 5.13 Å². The second-order valence-corrected chi connectivity index (χ2v) is 10.9. The van der Waals surface area contributed by atoms with Gasteiger partial charge in [0, 0.05) is 24.6 Å². The minimum absolute atomic E-state index is 0.181. The Labute approximate surface area is 243 Å². The Hall–Kier alpha value is -4.42. The molecule has 0 aliphatic carbocycles. The number of carbonyl (C=O) groups excluding carboxylic acids is 3. The average molecular weight is 594 g/mol. The van der Waals surface area contributed by atoms with Crippen LogP contribution in [-0.4, -0.2) is 32.7 Å². The van der Waals surface area contributed by atoms with Gasteiger partial charge in [0.2, 0.25) is 11.8 Å². The van der Waals surface area contributed by atoms with Gasteiger partial charge in [-0.1, -0.05) is 47.2 Å². The Bertz CT molecular complexity index is 1640. The number of benzene rings is 2. The fraction of sp³-hybridized carbons (Fsp3) is 0.214. The molecule has 1 saturated heterocycles. The van der Waals surface area contributed by atoms with E-state index in [1.807, 2.05) is 19.1 Å². The lowest BCUT2D eigenvalue weighted by molar-refractivity contribution is -0.134. The lowest BCUT2D eigenvalue weighted by atomic mass is 9.89. The fourth-order valence-electron chi connectivity index (χ4n) is 4.38. The number of nitrogens with zero attached hydrogens (tertiary/aromatic N) is 3. The molecule has 5 rings (SSSR count). The molecule has 3 amide bonds. The molecule has 210 valence electrons. The summed E-state index contributed by atoms with van der Waals surface area (Å²) in [5.41, 5.74) is 2.31. The Morgan fingerprint density at radius 3 is 2.71 bits per heavy atom. The van der Waals surface area contributed by atoms with E-state index < -0.39 is 17.6 Å². The highest BCUT2D eigenvalue weighted by Crippen LogP contribution is 2.29. The van der Waals surface area contributed by atoms with Crippen molar-refractivity contribution in [3.8, 4) is 0 Å². The number of halogens is 2. The smallest absolute Gasteiger partial charge is 0.267 e. The zero-order chi connectivity index (χ0) is 29.1. The second-order valence-electron chi connectivity index (χ2n) is 9.44. The van der Waals surface area contributed by atoms with Gasteiger partial charge >= 0.3 is 0 Å². The first-order valence-corrected chi connectivity index (χ1v) is 13.9. The van der Waals surface area contributed by atoms with Crippen LogP contribution in [0, 0.1) is 19.7 Å². The maximum atomic E-state index is 14.9. The van der Waals surface area contributed by atoms with Gasteiger partial charge in [-0.25, -0.2) is 19.3 Å². The molecule has 1 atom stereocenters. The topological polar surface area (TPSA) is 138 Å². The van der Waals surface area contributed by atoms with Crippen molar-refractivity contribution in [3.63, 3.8) is 0 Å². The predicted molar refractivity (Wildman–Crippen MR) is 155 cm³/mol. The van der Waals surface area contributed by atoms with E-state index in [1.165, 1.54) is 12.3 Å². The molecule has 4 N–H and O–H groups in total. The third-order valence-electron chi connectivity index (χ3n) is 6.42. The molecule has 2 aromatic carbocycles. The van der Waals surface area contributed by atoms with Crippen molar-refractivity contribution in [3.05, 3.63) is 86.9 Å². The van der Waals surface area contributed by atoms with Crippen LogP contribution in [0.4, 0.5) is 26.8 Å². The Morgan fingerprint density at radius 2 is 1.95 bits per heavy atom. The summed E-state index contributed by atoms with van der Waals surface area (Å²) >= 11 is 7.38. The van der Waals surface area contributed by atoms with Crippen molar-refractivity contribution in [2.75, 3.05) is 16.0 Å². The van der Waals surface area contributed by atoms with E-state index in [4.69, 9.17) is 11.6 Å². The van der Waals surface area contributed by atoms with Crippen LogP contribution in [0.5, 0.6) is 0 Å². The molecular weight excluding hydrogens is 569 g/mol. The summed E-state index contributed by atoms with van der Waals surface area (Å²) in [5.74, 6) is -0.902. The summed E-state index contributed by atoms with van der Waals surface area (Å²) in [6.07, 6.45) is 1.93. The van der Waals surface area contributed by atoms with Crippen molar-refractivity contribution >= 4 is 63.1 Å². The highest BCUT2D eigenvalue weighted by atomic mass is 35.5. The quantitative estimate of drug-likeness (QED) is 0.197. The van der Waals surface area contributed by atoms with Crippen LogP contribution in [0.15, 0.2) is 48.7 Å². The molecule has 0 saturated carbocycles. The average Bonchev–Trinajstić information content (AvgIpc) is 3.38. The van der Waals surface area contributed by atoms with Crippen molar-refractivity contribution < 1.29 is 18.8 Å². The number of aryl methyl sites for hydroxylation is 2. The summed E-state index contributed by atoms with van der Waals surface area (Å²) in [7, 11) is 0. The van der Waals surface area contributed by atoms with E-state index in [1.54, 1.807) is 31.2 Å². The zero-order valence-corrected chi connectivity index (χ0v) is 23.6. The van der Waals surface area contributed by atoms with E-state index in [0.717, 1.165) is 16.9 Å². The molecule has 1 aliphatic heterocycles. The number of anilines is 4. The normalized spacial score (nSPS) is 14.9. The molecule has 10 nitrogen and oxygen atoms in total. The summed E-state index contributed by atoms with van der Waals surface area (Å²) in [4.78, 5) is 49.7. The minimum atomic E-state index is -0.689. The Balaban J connectivity index is 1.22. The largest absolute Gasteiger partial charge is 0.366 e. The van der Waals surface area contributed by atoms with Gasteiger partial charge in [-0.3, -0.25) is 19.7 Å². The highest BCUT2D eigenvalue weighted by Gasteiger charge is 2.29. The standard InChI is InChI=1S/C28H25ClFN7O3S/c1-14-4-3-5-19(29)25(14)37-27(40)21-13-32-28(41-21)35-23-11-22(33-15(2)34-23)31-12-16-6-7-17(20(30)10-16)18-8-9-24(38)36-26(18)39/h3-7,10-11,13,18H,8-9,12H2,1-2H3,(H,37,40)(H,36,38,39)(H2,31,32,33,34,35). The van der Waals surface area contributed by atoms with Gasteiger partial charge < -0.3 is 16.0 Å². The van der Waals surface area contributed by atoms with Gasteiger partial charge in [0.05, 0.1) is 22.8 Å². The van der Waals surface area contributed by atoms with Crippen molar-refractivity contribution in [1.82, 2.24) is 20.3 Å². The first kappa shape index (κ1) is 28.1. The maximum absolute atomic E-state index is 14.9. The summed E-state index contributed by atoms with van der Waals surface area (Å²) < 4.78 is 14.9. The van der Waals surface area contributed by atoms with Crippen LogP contribution < -0.4 is 21.3 Å². The molecule has 2 aromatic heterocycles. The first-order chi connectivity index (χ1) is 19.7. The number of hydrogen-bond acceptors (Lipinski definition) is 9. The van der Waals surface area contributed by atoms with Crippen molar-refractivity contribution in [2.24, 2.45) is 0 Å². The lowest BCUT2D eigenvalue weighted by Crippen LogP contribution is -2.39. The molecule has 1 aliphatic rings. The fourth-order valence-corrected chi connectivity index (χ4v) is 5.37. The van der Waals surface area contributed by atoms with Crippen LogP contribution in [0.3, 0.4) is 0 Å². The lowest BCUT2D eigenvalue weighted by Gasteiger charge is -2.21. The number of amides is 3. The zero-order valence-electron chi connectivity index (χ0n) is 22.0. The van der Waals surface area contributed by atoms with E-state index in [2.05, 4.69) is 36.2 Å². The number of para-hydroxylation sites is 1. The van der Waals surface area contributed by atoms with Crippen molar-refractivity contribution in [2.45, 2.75) is 39.2 Å². The number of rotatable bonds is 8. The SMILES string of the molecule is Cc1nc(NCc2ccc(C3CCC(=O)NC3=O)c(F)c2)cc(Nc2ncc(C(=O)Nc3c(C)cccc3Cl)s2)n1. The third-order valence-corrected chi connectivity index (χ3v) is 7.64. The van der Waals surface area contributed by atoms with Crippen LogP contribution in [0.2, 0.25) is 5.02 Å². The molecule has 41 heavy (non-hydrogen) atoms. The van der Waals surface area contributed by atoms with E-state index >= 15 is 0 Å². The molecule has 1 unspecified atom stereocenters. The van der Waals surface area contributed by atoms with E-state index in [9.17, 15) is 18.8 Å². The van der Waals surface area contributed by atoms with Crippen molar-refractivity contribution in [1.29, 1.82) is 0 Å². The third kappa shape index (κ3) is 6.67. The molecule has 13 heteroatoms. The molecule has 4 aromatic rings. The predicted octanol–water partition coefficient (Wildman–Crippen LogP) is 5.47. The Kier molecular flexibility index (Phi) is 8.22. The van der Waals surface area contributed by atoms with Gasteiger partial charge in [-0.15, -0.1) is 0 Å². The van der Waals surface area contributed by atoms with Crippen LogP contribution in [0.25, 0.3) is 0 Å². The number of aromatic nitrogens is 3. The van der Waals surface area contributed by atoms with Gasteiger partial charge in [0.1, 0.15) is 28.2 Å². The number of imide groups is 1. The number of carbonyl (C=O) groups is 3. The molecule has 1 fully saturated rings. The maximum Gasteiger partial charge on any atom is 0.267 e. The number of nitrogens with one attached hydrogen (secondary N) is 4. The minimum Gasteiger partial charge on any atom is -0.366 e. The molecule has 3 heterocycles. The number of piperidine rings is 1. The van der Waals surface area contributed by atoms with Gasteiger partial charge in [-0.05, 0) is 43.5 Å². The van der Waals surface area contributed by atoms with Crippen LogP contribution in [0.1, 0.15) is 50.9 Å². The number of thiazole rings is 1. The van der Waals surface area contributed by atoms with Gasteiger partial charge in [0.25, 0.3) is 5.91 Å². The second kappa shape index (κ2) is 12.0. The summed E-state index contributed by atoms with van der Waals surface area (Å²) in [6, 6.07) is 11.7. The van der Waals surface area contributed by atoms with Gasteiger partial charge in [-0.2, -0.15) is 0 Å². The Morgan fingerprint density at radius 1 is 1.15 bits per heavy atom. The van der Waals surface area contributed by atoms with E-state index in [0.29, 0.717) is 43.7 Å². The summed E-state index contributed by atoms with van der Waals surface area (Å²) in [6.45, 7) is 3.86. The van der Waals surface area contributed by atoms with E-state index in [-0.39, 0.29) is 36.8 Å². The van der Waals surface area contributed by atoms with Crippen LogP contribution >= 0.6 is 22.9 Å². The molecule has 0 radical (unpaired) electrons. The number of hydrogen-bond donors (Lipinski definition) is 4. The van der Waals surface area contributed by atoms with Crippen LogP contribution in [-0.2, 0) is 16.1 Å². The monoisotopic (exact) mass is 593 g/mol. The summed E-state index contributed by atoms with van der Waals surface area (Å²) in [5, 5.41) is 12.2. The molecule has 0 bridgehead atoms. The first-order valence-electron chi connectivity index (χ1n) is 12.7. The highest BCUT2D eigenvalue weighted by molar-refractivity contribution is 7.17. The molecule has 0 spiro atoms. The molecular formula is C28H25ClFN7O3S.